The Morgan fingerprint density at radius 2 is 1.10 bits per heavy atom. The summed E-state index contributed by atoms with van der Waals surface area (Å²) < 4.78 is 10.5. The van der Waals surface area contributed by atoms with Gasteiger partial charge in [0.2, 0.25) is 29.5 Å². The molecule has 0 aliphatic carbocycles. The van der Waals surface area contributed by atoms with Gasteiger partial charge in [-0.2, -0.15) is 0 Å². The van der Waals surface area contributed by atoms with E-state index in [-0.39, 0.29) is 80.3 Å². The zero-order valence-electron chi connectivity index (χ0n) is 51.2. The molecule has 0 aromatic carbocycles. The van der Waals surface area contributed by atoms with Crippen molar-refractivity contribution in [3.63, 3.8) is 0 Å². The van der Waals surface area contributed by atoms with Crippen LogP contribution >= 0.6 is 0 Å². The van der Waals surface area contributed by atoms with E-state index in [0.29, 0.717) is 12.8 Å². The van der Waals surface area contributed by atoms with Crippen LogP contribution in [-0.4, -0.2) is 150 Å². The van der Waals surface area contributed by atoms with Crippen molar-refractivity contribution in [2.24, 2.45) is 59.0 Å². The summed E-state index contributed by atoms with van der Waals surface area (Å²) in [5.41, 5.74) is 6.15. The Kier molecular flexibility index (Phi) is 32.9. The minimum absolute atomic E-state index is 0.0542. The Balaban J connectivity index is 6.89. The number of likely N-dealkylation sites (N-methyl/N-ethyl adjacent to an activating group) is 3. The molecule has 0 aliphatic heterocycles. The van der Waals surface area contributed by atoms with Crippen molar-refractivity contribution < 1.29 is 62.2 Å². The van der Waals surface area contributed by atoms with Crippen molar-refractivity contribution in [1.82, 2.24) is 25.3 Å². The number of amides is 5. The molecule has 446 valence electrons. The van der Waals surface area contributed by atoms with Crippen molar-refractivity contribution in [2.45, 2.75) is 217 Å². The molecule has 0 aromatic heterocycles. The summed E-state index contributed by atoms with van der Waals surface area (Å²) in [6.07, 6.45) is 2.55. The molecule has 11 atom stereocenters. The Morgan fingerprint density at radius 3 is 1.55 bits per heavy atom. The van der Waals surface area contributed by atoms with Gasteiger partial charge in [0.25, 0.3) is 0 Å². The Bertz CT molecular complexity index is 2050. The minimum Gasteiger partial charge on any atom is -0.469 e. The smallest absolute Gasteiger partial charge is 0.305 e. The van der Waals surface area contributed by atoms with E-state index in [0.717, 1.165) is 0 Å². The first-order chi connectivity index (χ1) is 36.1. The lowest BCUT2D eigenvalue weighted by Crippen LogP contribution is -2.54. The van der Waals surface area contributed by atoms with Crippen LogP contribution < -0.4 is 16.4 Å². The van der Waals surface area contributed by atoms with Crippen LogP contribution in [0.1, 0.15) is 175 Å². The van der Waals surface area contributed by atoms with Gasteiger partial charge in [0.15, 0.2) is 23.1 Å². The van der Waals surface area contributed by atoms with Crippen LogP contribution in [-0.2, 0) is 62.2 Å². The second kappa shape index (κ2) is 35.3. The van der Waals surface area contributed by atoms with Crippen molar-refractivity contribution in [3.05, 3.63) is 12.2 Å². The number of hydrogen-bond acceptors (Lipinski definition) is 14. The van der Waals surface area contributed by atoms with Gasteiger partial charge in [0, 0.05) is 65.6 Å². The molecule has 0 rings (SSSR count). The summed E-state index contributed by atoms with van der Waals surface area (Å²) in [7, 11) is 5.70. The first-order valence-electron chi connectivity index (χ1n) is 28.2. The van der Waals surface area contributed by atoms with E-state index >= 15 is 0 Å². The van der Waals surface area contributed by atoms with Gasteiger partial charge in [-0.05, 0) is 81.5 Å². The predicted octanol–water partition coefficient (Wildman–Crippen LogP) is 6.45. The van der Waals surface area contributed by atoms with E-state index in [1.54, 1.807) is 47.7 Å². The lowest BCUT2D eigenvalue weighted by Gasteiger charge is -2.36. The third-order valence-electron chi connectivity index (χ3n) is 14.4. The van der Waals surface area contributed by atoms with E-state index in [2.05, 4.69) is 15.4 Å². The average Bonchev–Trinajstić information content (AvgIpc) is 3.35. The fourth-order valence-electron chi connectivity index (χ4n) is 9.82. The fraction of sp³-hybridized carbons (Fsp3) is 0.780. The molecular weight excluding hydrogens is 1000 g/mol. The van der Waals surface area contributed by atoms with Gasteiger partial charge in [-0.15, -0.1) is 0 Å². The predicted molar refractivity (Wildman–Crippen MR) is 301 cm³/mol. The van der Waals surface area contributed by atoms with Gasteiger partial charge in [0.1, 0.15) is 12.1 Å². The van der Waals surface area contributed by atoms with Crippen LogP contribution in [0.2, 0.25) is 0 Å². The average molecular weight is 1100 g/mol. The topological polar surface area (TPSA) is 266 Å². The maximum Gasteiger partial charge on any atom is 0.305 e. The Morgan fingerprint density at radius 1 is 0.590 bits per heavy atom. The number of carbonyl (C=O) groups is 11. The molecule has 0 saturated carbocycles. The van der Waals surface area contributed by atoms with Crippen LogP contribution in [0.25, 0.3) is 0 Å². The number of carbonyl (C=O) groups excluding carboxylic acids is 11. The van der Waals surface area contributed by atoms with Gasteiger partial charge in [-0.1, -0.05) is 102 Å². The van der Waals surface area contributed by atoms with Crippen LogP contribution in [0.4, 0.5) is 0 Å². The number of nitrogens with zero attached hydrogens (tertiary/aromatic N) is 3. The summed E-state index contributed by atoms with van der Waals surface area (Å²) in [6.45, 7) is 28.1. The second-order valence-electron chi connectivity index (χ2n) is 23.5. The van der Waals surface area contributed by atoms with Gasteiger partial charge >= 0.3 is 11.9 Å². The number of nitrogens with one attached hydrogen (secondary N) is 2. The molecule has 0 fully saturated rings. The molecule has 0 aliphatic rings. The Labute approximate surface area is 467 Å². The normalized spacial score (nSPS) is 16.0. The maximum atomic E-state index is 14.8. The monoisotopic (exact) mass is 1100 g/mol. The molecule has 78 heavy (non-hydrogen) atoms. The highest BCUT2D eigenvalue weighted by Crippen LogP contribution is 2.30. The highest BCUT2D eigenvalue weighted by molar-refractivity contribution is 5.98. The lowest BCUT2D eigenvalue weighted by atomic mass is 9.82. The number of esters is 2. The SMILES string of the molecule is C/C=C/C[C@@H](C)[C@@H](OC(C)=O)[C@H](CC(=O)[C@H](C(C)C)N(C)C(=O)[C@@H](CC(=O)[C@H](CC(C)C)N(C)C(=O)[C@@H](C)NC(=O)[C@H](C)CC(=O)[C@@H](CC(C)C)N(C)C(=O)[C@@H](N)C(C)C)CC(C)C)C(=O)N[C@@H](CC)C(=O)CCC(=O)OC. The molecule has 19 nitrogen and oxygen atoms in total. The number of ether oxygens (including phenoxy) is 2. The standard InChI is InChI=1S/C59H102N6O13/c1-21-23-24-38(13)54(78-41(16)66)43(56(73)62-44(22-2)47(67)25-26-51(71)77-20)32-50(70)53(37(11)12)65(19)58(75)42(27-33(3)4)31-49(69)46(29-35(7)8)63(17)57(74)40(15)61-55(72)39(14)30-48(68)45(28-34(5)6)64(18)59(76)52(60)36(9)10/h21,23,33-40,42-46,52-54H,22,24-32,60H2,1-20H3,(H,61,72)(H,62,73)/b23-21+/t38-,39-,40-,42-,43+,44+,45-,46+,52+,53+,54-/m1/s1. The molecule has 5 amide bonds. The molecule has 19 heteroatoms. The summed E-state index contributed by atoms with van der Waals surface area (Å²) >= 11 is 0. The van der Waals surface area contributed by atoms with Crippen LogP contribution in [0.3, 0.4) is 0 Å². The van der Waals surface area contributed by atoms with Gasteiger partial charge in [-0.25, -0.2) is 0 Å². The number of allylic oxidation sites excluding steroid dienone is 2. The number of hydrogen-bond donors (Lipinski definition) is 3. The minimum atomic E-state index is -1.30. The lowest BCUT2D eigenvalue weighted by molar-refractivity contribution is -0.157. The molecule has 0 radical (unpaired) electrons. The molecule has 0 saturated heterocycles. The molecule has 0 heterocycles. The zero-order chi connectivity index (χ0) is 60.6. The maximum absolute atomic E-state index is 14.8. The van der Waals surface area contributed by atoms with Crippen molar-refractivity contribution in [1.29, 1.82) is 0 Å². The zero-order valence-corrected chi connectivity index (χ0v) is 51.2. The summed E-state index contributed by atoms with van der Waals surface area (Å²) in [4.78, 5) is 155. The van der Waals surface area contributed by atoms with Crippen molar-refractivity contribution >= 4 is 64.6 Å². The fourth-order valence-corrected chi connectivity index (χ4v) is 9.82. The van der Waals surface area contributed by atoms with Crippen LogP contribution in [0.5, 0.6) is 0 Å². The molecule has 0 aromatic rings. The highest BCUT2D eigenvalue weighted by Gasteiger charge is 2.43. The van der Waals surface area contributed by atoms with Gasteiger partial charge in [-0.3, -0.25) is 52.7 Å². The summed E-state index contributed by atoms with van der Waals surface area (Å²) in [5, 5.41) is 5.47. The molecule has 0 bridgehead atoms. The number of methoxy groups -OCH3 is 1. The third kappa shape index (κ3) is 24.0. The first kappa shape index (κ1) is 72.7. The highest BCUT2D eigenvalue weighted by atomic mass is 16.5. The quantitative estimate of drug-likeness (QED) is 0.0446. The van der Waals surface area contributed by atoms with E-state index in [9.17, 15) is 52.7 Å². The van der Waals surface area contributed by atoms with Crippen LogP contribution in [0.15, 0.2) is 12.2 Å². The van der Waals surface area contributed by atoms with Crippen LogP contribution in [0, 0.1) is 53.3 Å². The summed E-state index contributed by atoms with van der Waals surface area (Å²) in [5.74, 6) is -10.0. The van der Waals surface area contributed by atoms with Crippen molar-refractivity contribution in [2.75, 3.05) is 28.3 Å². The second-order valence-corrected chi connectivity index (χ2v) is 23.5. The number of rotatable bonds is 37. The van der Waals surface area contributed by atoms with Gasteiger partial charge in [0.05, 0.1) is 49.7 Å². The molecule has 4 N–H and O–H groups in total. The van der Waals surface area contributed by atoms with E-state index in [1.165, 1.54) is 49.8 Å². The van der Waals surface area contributed by atoms with Crippen molar-refractivity contribution in [3.8, 4) is 0 Å². The number of Topliss-reactive ketones (excluding diaryl/α,β-unsaturated/α-hetero) is 4. The molecule has 0 unspecified atom stereocenters. The first-order valence-corrected chi connectivity index (χ1v) is 28.2. The Hall–Kier alpha value is -5.33. The molecular formula is C59H102N6O13. The van der Waals surface area contributed by atoms with E-state index in [1.807, 2.05) is 68.4 Å². The van der Waals surface area contributed by atoms with E-state index < -0.39 is 131 Å². The number of nitrogens with two attached hydrogens (primary N) is 1. The van der Waals surface area contributed by atoms with Gasteiger partial charge < -0.3 is 40.5 Å². The number of ketones is 4. The summed E-state index contributed by atoms with van der Waals surface area (Å²) in [6, 6.07) is -5.87. The van der Waals surface area contributed by atoms with E-state index in [4.69, 9.17) is 10.5 Å². The largest absolute Gasteiger partial charge is 0.469 e. The third-order valence-corrected chi connectivity index (χ3v) is 14.4. The molecule has 0 spiro atoms.